The van der Waals surface area contributed by atoms with Gasteiger partial charge >= 0.3 is 0 Å². The maximum absolute atomic E-state index is 5.51. The smallest absolute Gasteiger partial charge is 0.0570 e. The van der Waals surface area contributed by atoms with Gasteiger partial charge in [-0.2, -0.15) is 0 Å². The molecule has 0 spiro atoms. The molecule has 0 bridgehead atoms. The summed E-state index contributed by atoms with van der Waals surface area (Å²) in [5.74, 6) is 0.569. The molecule has 0 aliphatic heterocycles. The third-order valence-corrected chi connectivity index (χ3v) is 2.11. The van der Waals surface area contributed by atoms with Crippen LogP contribution in [0.5, 0.6) is 0 Å². The van der Waals surface area contributed by atoms with E-state index in [9.17, 15) is 0 Å². The first-order valence-electron chi connectivity index (χ1n) is 4.70. The fraction of sp³-hybridized carbons (Fsp3) is 0.364. The Labute approximate surface area is 90.0 Å². The van der Waals surface area contributed by atoms with Crippen molar-refractivity contribution in [2.24, 2.45) is 0 Å². The summed E-state index contributed by atoms with van der Waals surface area (Å²) in [6.45, 7) is 2.92. The van der Waals surface area contributed by atoms with Crippen LogP contribution in [0, 0.1) is 0 Å². The van der Waals surface area contributed by atoms with Crippen molar-refractivity contribution in [1.82, 2.24) is 10.3 Å². The zero-order valence-corrected chi connectivity index (χ0v) is 9.04. The Kier molecular flexibility index (Phi) is 5.27. The Hall–Kier alpha value is -0.860. The Morgan fingerprint density at radius 2 is 2.36 bits per heavy atom. The first-order chi connectivity index (χ1) is 6.84. The molecular weight excluding hydrogens is 196 g/mol. The summed E-state index contributed by atoms with van der Waals surface area (Å²) in [4.78, 5) is 4.26. The molecule has 3 heteroatoms. The summed E-state index contributed by atoms with van der Waals surface area (Å²) >= 11 is 5.51. The lowest BCUT2D eigenvalue weighted by Crippen LogP contribution is -2.19. The Bertz CT molecular complexity index is 272. The molecule has 0 aromatic carbocycles. The minimum absolute atomic E-state index is 0.274. The van der Waals surface area contributed by atoms with E-state index in [0.29, 0.717) is 5.88 Å². The number of hydrogen-bond acceptors (Lipinski definition) is 2. The monoisotopic (exact) mass is 210 g/mol. The van der Waals surface area contributed by atoms with Crippen molar-refractivity contribution in [3.63, 3.8) is 0 Å². The average Bonchev–Trinajstić information content (AvgIpc) is 2.25. The Balaban J connectivity index is 2.36. The van der Waals surface area contributed by atoms with Gasteiger partial charge in [0, 0.05) is 24.7 Å². The highest BCUT2D eigenvalue weighted by Gasteiger charge is 2.02. The van der Waals surface area contributed by atoms with Crippen molar-refractivity contribution in [3.8, 4) is 0 Å². The van der Waals surface area contributed by atoms with E-state index in [4.69, 9.17) is 11.6 Å². The Morgan fingerprint density at radius 3 is 3.00 bits per heavy atom. The molecule has 1 heterocycles. The molecule has 0 amide bonds. The van der Waals surface area contributed by atoms with E-state index in [1.54, 1.807) is 0 Å². The van der Waals surface area contributed by atoms with Crippen LogP contribution in [0.25, 0.3) is 0 Å². The molecule has 0 aliphatic carbocycles. The van der Waals surface area contributed by atoms with Crippen molar-refractivity contribution in [3.05, 3.63) is 42.2 Å². The summed E-state index contributed by atoms with van der Waals surface area (Å²) in [5, 5.41) is 3.33. The minimum Gasteiger partial charge on any atom is -0.305 e. The molecule has 1 aromatic heterocycles. The molecule has 14 heavy (non-hydrogen) atoms. The second-order valence-corrected chi connectivity index (χ2v) is 3.32. The number of rotatable bonds is 5. The number of aromatic nitrogens is 1. The highest BCUT2D eigenvalue weighted by molar-refractivity contribution is 6.18. The fourth-order valence-corrected chi connectivity index (χ4v) is 1.25. The molecule has 0 aliphatic rings. The van der Waals surface area contributed by atoms with Gasteiger partial charge in [0.2, 0.25) is 0 Å². The molecule has 1 N–H and O–H groups in total. The van der Waals surface area contributed by atoms with Crippen LogP contribution in [-0.2, 0) is 0 Å². The quantitative estimate of drug-likeness (QED) is 0.597. The topological polar surface area (TPSA) is 24.9 Å². The lowest BCUT2D eigenvalue weighted by Gasteiger charge is -2.10. The van der Waals surface area contributed by atoms with Gasteiger partial charge in [-0.1, -0.05) is 18.2 Å². The highest BCUT2D eigenvalue weighted by Crippen LogP contribution is 2.06. The zero-order chi connectivity index (χ0) is 10.2. The van der Waals surface area contributed by atoms with Gasteiger partial charge in [-0.25, -0.2) is 0 Å². The van der Waals surface area contributed by atoms with Crippen molar-refractivity contribution in [1.29, 1.82) is 0 Å². The zero-order valence-electron chi connectivity index (χ0n) is 8.28. The number of allylic oxidation sites excluding steroid dienone is 1. The molecule has 0 radical (unpaired) electrons. The summed E-state index contributed by atoms with van der Waals surface area (Å²) in [6.07, 6.45) is 5.76. The minimum atomic E-state index is 0.274. The van der Waals surface area contributed by atoms with Crippen molar-refractivity contribution in [2.75, 3.05) is 12.4 Å². The third kappa shape index (κ3) is 3.90. The van der Waals surface area contributed by atoms with Crippen LogP contribution in [0.3, 0.4) is 0 Å². The van der Waals surface area contributed by atoms with Crippen molar-refractivity contribution >= 4 is 11.6 Å². The summed E-state index contributed by atoms with van der Waals surface area (Å²) in [7, 11) is 0. The van der Waals surface area contributed by atoms with Gasteiger partial charge in [0.25, 0.3) is 0 Å². The van der Waals surface area contributed by atoms with Crippen molar-refractivity contribution < 1.29 is 0 Å². The first kappa shape index (κ1) is 11.2. The van der Waals surface area contributed by atoms with Gasteiger partial charge in [-0.05, 0) is 19.1 Å². The SMILES string of the molecule is CC(NC/C=C/CCl)c1ccccn1. The first-order valence-corrected chi connectivity index (χ1v) is 5.23. The predicted octanol–water partition coefficient (Wildman–Crippen LogP) is 2.53. The van der Waals surface area contributed by atoms with E-state index in [1.807, 2.05) is 36.5 Å². The molecule has 0 fully saturated rings. The van der Waals surface area contributed by atoms with Gasteiger partial charge in [-0.15, -0.1) is 11.6 Å². The molecule has 2 nitrogen and oxygen atoms in total. The number of pyridine rings is 1. The second-order valence-electron chi connectivity index (χ2n) is 3.01. The van der Waals surface area contributed by atoms with E-state index in [0.717, 1.165) is 12.2 Å². The molecule has 0 saturated carbocycles. The van der Waals surface area contributed by atoms with Gasteiger partial charge in [0.15, 0.2) is 0 Å². The van der Waals surface area contributed by atoms with Gasteiger partial charge in [0.05, 0.1) is 5.69 Å². The molecule has 1 aromatic rings. The van der Waals surface area contributed by atoms with Crippen molar-refractivity contribution in [2.45, 2.75) is 13.0 Å². The van der Waals surface area contributed by atoms with Gasteiger partial charge in [-0.3, -0.25) is 4.98 Å². The predicted molar refractivity (Wildman–Crippen MR) is 60.5 cm³/mol. The van der Waals surface area contributed by atoms with E-state index in [2.05, 4.69) is 17.2 Å². The number of alkyl halides is 1. The summed E-state index contributed by atoms with van der Waals surface area (Å²) in [5.41, 5.74) is 1.06. The number of halogens is 1. The molecule has 76 valence electrons. The largest absolute Gasteiger partial charge is 0.305 e. The van der Waals surface area contributed by atoms with Gasteiger partial charge in [0.1, 0.15) is 0 Å². The molecular formula is C11H15ClN2. The van der Waals surface area contributed by atoms with E-state index >= 15 is 0 Å². The number of nitrogens with one attached hydrogen (secondary N) is 1. The van der Waals surface area contributed by atoms with Crippen LogP contribution in [0.1, 0.15) is 18.7 Å². The van der Waals surface area contributed by atoms with E-state index in [1.165, 1.54) is 0 Å². The molecule has 1 rings (SSSR count). The third-order valence-electron chi connectivity index (χ3n) is 1.93. The lowest BCUT2D eigenvalue weighted by molar-refractivity contribution is 0.601. The van der Waals surface area contributed by atoms with Crippen LogP contribution < -0.4 is 5.32 Å². The number of nitrogens with zero attached hydrogens (tertiary/aromatic N) is 1. The van der Waals surface area contributed by atoms with Crippen LogP contribution in [0.15, 0.2) is 36.5 Å². The maximum Gasteiger partial charge on any atom is 0.0570 e. The standard InChI is InChI=1S/C11H15ClN2/c1-10(13-8-5-3-7-12)11-6-2-4-9-14-11/h2-6,9-10,13H,7-8H2,1H3/b5-3+. The molecule has 0 saturated heterocycles. The summed E-state index contributed by atoms with van der Waals surface area (Å²) in [6, 6.07) is 6.21. The number of hydrogen-bond donors (Lipinski definition) is 1. The average molecular weight is 211 g/mol. The summed E-state index contributed by atoms with van der Waals surface area (Å²) < 4.78 is 0. The van der Waals surface area contributed by atoms with Crippen LogP contribution in [0.2, 0.25) is 0 Å². The second kappa shape index (κ2) is 6.57. The van der Waals surface area contributed by atoms with Gasteiger partial charge < -0.3 is 5.32 Å². The van der Waals surface area contributed by atoms with E-state index in [-0.39, 0.29) is 6.04 Å². The lowest BCUT2D eigenvalue weighted by atomic mass is 10.2. The molecule has 1 unspecified atom stereocenters. The Morgan fingerprint density at radius 1 is 1.50 bits per heavy atom. The van der Waals surface area contributed by atoms with E-state index < -0.39 is 0 Å². The highest BCUT2D eigenvalue weighted by atomic mass is 35.5. The van der Waals surface area contributed by atoms with Crippen LogP contribution >= 0.6 is 11.6 Å². The molecule has 1 atom stereocenters. The maximum atomic E-state index is 5.51. The fourth-order valence-electron chi connectivity index (χ4n) is 1.13. The van der Waals surface area contributed by atoms with Crippen LogP contribution in [0.4, 0.5) is 0 Å². The normalized spacial score (nSPS) is 13.3. The van der Waals surface area contributed by atoms with Crippen LogP contribution in [-0.4, -0.2) is 17.4 Å².